The SMILES string of the molecule is Cc1ccc(C2(C)CCCCCN2)cc1. The van der Waals surface area contributed by atoms with Crippen LogP contribution in [-0.2, 0) is 5.54 Å². The van der Waals surface area contributed by atoms with E-state index in [0.717, 1.165) is 6.54 Å². The van der Waals surface area contributed by atoms with E-state index in [1.54, 1.807) is 0 Å². The molecule has 82 valence electrons. The topological polar surface area (TPSA) is 12.0 Å². The molecule has 1 unspecified atom stereocenters. The van der Waals surface area contributed by atoms with Gasteiger partial charge in [-0.3, -0.25) is 0 Å². The highest BCUT2D eigenvalue weighted by atomic mass is 15.0. The lowest BCUT2D eigenvalue weighted by Crippen LogP contribution is -2.38. The molecule has 0 saturated carbocycles. The molecule has 1 aromatic rings. The maximum atomic E-state index is 3.69. The Balaban J connectivity index is 2.22. The van der Waals surface area contributed by atoms with Gasteiger partial charge in [-0.15, -0.1) is 0 Å². The van der Waals surface area contributed by atoms with E-state index in [2.05, 4.69) is 43.4 Å². The minimum absolute atomic E-state index is 0.199. The summed E-state index contributed by atoms with van der Waals surface area (Å²) in [6.45, 7) is 5.64. The predicted octanol–water partition coefficient (Wildman–Crippen LogP) is 3.37. The molecule has 0 spiro atoms. The third kappa shape index (κ3) is 2.40. The van der Waals surface area contributed by atoms with Gasteiger partial charge in [0.15, 0.2) is 0 Å². The zero-order chi connectivity index (χ0) is 10.7. The van der Waals surface area contributed by atoms with Gasteiger partial charge in [0.05, 0.1) is 0 Å². The first-order chi connectivity index (χ1) is 7.21. The minimum Gasteiger partial charge on any atom is -0.308 e. The summed E-state index contributed by atoms with van der Waals surface area (Å²) in [7, 11) is 0. The van der Waals surface area contributed by atoms with Crippen LogP contribution < -0.4 is 5.32 Å². The van der Waals surface area contributed by atoms with E-state index in [1.807, 2.05) is 0 Å². The summed E-state index contributed by atoms with van der Waals surface area (Å²) < 4.78 is 0. The molecule has 0 bridgehead atoms. The first-order valence-corrected chi connectivity index (χ1v) is 6.03. The molecule has 1 aliphatic heterocycles. The summed E-state index contributed by atoms with van der Waals surface area (Å²) in [5, 5.41) is 3.69. The van der Waals surface area contributed by atoms with Crippen LogP contribution in [0.2, 0.25) is 0 Å². The number of rotatable bonds is 1. The lowest BCUT2D eigenvalue weighted by atomic mass is 9.87. The molecule has 1 aromatic carbocycles. The van der Waals surface area contributed by atoms with E-state index >= 15 is 0 Å². The second-order valence-electron chi connectivity index (χ2n) is 4.94. The molecule has 1 atom stereocenters. The van der Waals surface area contributed by atoms with Crippen molar-refractivity contribution in [1.29, 1.82) is 0 Å². The van der Waals surface area contributed by atoms with Crippen LogP contribution in [-0.4, -0.2) is 6.54 Å². The summed E-state index contributed by atoms with van der Waals surface area (Å²) in [6.07, 6.45) is 5.29. The van der Waals surface area contributed by atoms with Crippen LogP contribution in [0.4, 0.5) is 0 Å². The van der Waals surface area contributed by atoms with Gasteiger partial charge < -0.3 is 5.32 Å². The van der Waals surface area contributed by atoms with Gasteiger partial charge in [-0.05, 0) is 38.8 Å². The van der Waals surface area contributed by atoms with Gasteiger partial charge in [-0.25, -0.2) is 0 Å². The molecular weight excluding hydrogens is 182 g/mol. The van der Waals surface area contributed by atoms with Gasteiger partial charge in [0.1, 0.15) is 0 Å². The van der Waals surface area contributed by atoms with Gasteiger partial charge in [0.2, 0.25) is 0 Å². The molecule has 0 radical (unpaired) electrons. The smallest absolute Gasteiger partial charge is 0.0406 e. The van der Waals surface area contributed by atoms with Crippen molar-refractivity contribution in [3.8, 4) is 0 Å². The summed E-state index contributed by atoms with van der Waals surface area (Å²) >= 11 is 0. The lowest BCUT2D eigenvalue weighted by Gasteiger charge is -2.30. The van der Waals surface area contributed by atoms with Crippen LogP contribution in [0.15, 0.2) is 24.3 Å². The molecule has 1 aliphatic rings. The van der Waals surface area contributed by atoms with Gasteiger partial charge in [-0.1, -0.05) is 42.7 Å². The van der Waals surface area contributed by atoms with Crippen molar-refractivity contribution >= 4 is 0 Å². The van der Waals surface area contributed by atoms with Gasteiger partial charge in [0, 0.05) is 5.54 Å². The summed E-state index contributed by atoms with van der Waals surface area (Å²) in [5.74, 6) is 0. The fraction of sp³-hybridized carbons (Fsp3) is 0.571. The molecule has 1 nitrogen and oxygen atoms in total. The first kappa shape index (κ1) is 10.7. The van der Waals surface area contributed by atoms with E-state index in [9.17, 15) is 0 Å². The molecule has 1 heteroatoms. The van der Waals surface area contributed by atoms with Crippen molar-refractivity contribution in [2.45, 2.75) is 45.1 Å². The maximum absolute atomic E-state index is 3.69. The van der Waals surface area contributed by atoms with Crippen LogP contribution >= 0.6 is 0 Å². The molecule has 0 aromatic heterocycles. The summed E-state index contributed by atoms with van der Waals surface area (Å²) in [4.78, 5) is 0. The monoisotopic (exact) mass is 203 g/mol. The van der Waals surface area contributed by atoms with E-state index < -0.39 is 0 Å². The fourth-order valence-corrected chi connectivity index (χ4v) is 2.40. The van der Waals surface area contributed by atoms with Crippen molar-refractivity contribution < 1.29 is 0 Å². The highest BCUT2D eigenvalue weighted by Crippen LogP contribution is 2.29. The molecule has 2 rings (SSSR count). The van der Waals surface area contributed by atoms with Crippen molar-refractivity contribution in [2.75, 3.05) is 6.54 Å². The van der Waals surface area contributed by atoms with Crippen molar-refractivity contribution in [2.24, 2.45) is 0 Å². The quantitative estimate of drug-likeness (QED) is 0.738. The number of nitrogens with one attached hydrogen (secondary N) is 1. The number of benzene rings is 1. The van der Waals surface area contributed by atoms with Crippen molar-refractivity contribution in [3.05, 3.63) is 35.4 Å². The molecule has 0 aliphatic carbocycles. The molecule has 1 saturated heterocycles. The van der Waals surface area contributed by atoms with E-state index in [0.29, 0.717) is 0 Å². The normalized spacial score (nSPS) is 27.3. The van der Waals surface area contributed by atoms with Crippen LogP contribution in [0.5, 0.6) is 0 Å². The molecule has 15 heavy (non-hydrogen) atoms. The minimum atomic E-state index is 0.199. The zero-order valence-corrected chi connectivity index (χ0v) is 9.84. The largest absolute Gasteiger partial charge is 0.308 e. The first-order valence-electron chi connectivity index (χ1n) is 6.03. The second-order valence-corrected chi connectivity index (χ2v) is 4.94. The van der Waals surface area contributed by atoms with Crippen molar-refractivity contribution in [1.82, 2.24) is 5.32 Å². The molecule has 1 fully saturated rings. The average molecular weight is 203 g/mol. The zero-order valence-electron chi connectivity index (χ0n) is 9.84. The molecular formula is C14H21N. The number of hydrogen-bond donors (Lipinski definition) is 1. The van der Waals surface area contributed by atoms with Crippen LogP contribution in [0.3, 0.4) is 0 Å². The Hall–Kier alpha value is -0.820. The van der Waals surface area contributed by atoms with E-state index in [4.69, 9.17) is 0 Å². The molecule has 1 heterocycles. The summed E-state index contributed by atoms with van der Waals surface area (Å²) in [6, 6.07) is 8.97. The number of hydrogen-bond acceptors (Lipinski definition) is 1. The Kier molecular flexibility index (Phi) is 3.11. The Morgan fingerprint density at radius 1 is 1.07 bits per heavy atom. The third-order valence-electron chi connectivity index (χ3n) is 3.56. The predicted molar refractivity (Wildman–Crippen MR) is 65.0 cm³/mol. The molecule has 1 N–H and O–H groups in total. The van der Waals surface area contributed by atoms with Crippen LogP contribution in [0.1, 0.15) is 43.7 Å². The Morgan fingerprint density at radius 3 is 2.53 bits per heavy atom. The maximum Gasteiger partial charge on any atom is 0.0406 e. The average Bonchev–Trinajstić information content (AvgIpc) is 2.45. The fourth-order valence-electron chi connectivity index (χ4n) is 2.40. The van der Waals surface area contributed by atoms with Crippen molar-refractivity contribution in [3.63, 3.8) is 0 Å². The highest BCUT2D eigenvalue weighted by molar-refractivity contribution is 5.27. The third-order valence-corrected chi connectivity index (χ3v) is 3.56. The number of aryl methyl sites for hydroxylation is 1. The Labute approximate surface area is 92.9 Å². The summed E-state index contributed by atoms with van der Waals surface area (Å²) in [5.41, 5.74) is 2.98. The highest BCUT2D eigenvalue weighted by Gasteiger charge is 2.26. The van der Waals surface area contributed by atoms with E-state index in [-0.39, 0.29) is 5.54 Å². The second kappa shape index (κ2) is 4.36. The van der Waals surface area contributed by atoms with Gasteiger partial charge in [-0.2, -0.15) is 0 Å². The standard InChI is InChI=1S/C14H21N/c1-12-6-8-13(9-7-12)14(2)10-4-3-5-11-15-14/h6-9,15H,3-5,10-11H2,1-2H3. The van der Waals surface area contributed by atoms with Gasteiger partial charge in [0.25, 0.3) is 0 Å². The van der Waals surface area contributed by atoms with Crippen LogP contribution in [0, 0.1) is 6.92 Å². The lowest BCUT2D eigenvalue weighted by molar-refractivity contribution is 0.359. The Morgan fingerprint density at radius 2 is 1.80 bits per heavy atom. The van der Waals surface area contributed by atoms with Crippen LogP contribution in [0.25, 0.3) is 0 Å². The van der Waals surface area contributed by atoms with Gasteiger partial charge >= 0.3 is 0 Å². The molecule has 0 amide bonds. The van der Waals surface area contributed by atoms with E-state index in [1.165, 1.54) is 36.8 Å². The Bertz CT molecular complexity index is 305.